The van der Waals surface area contributed by atoms with Crippen molar-refractivity contribution in [1.82, 2.24) is 10.5 Å². The molecule has 0 bridgehead atoms. The second-order valence-electron chi connectivity index (χ2n) is 4.84. The Morgan fingerprint density at radius 2 is 2.26 bits per heavy atom. The van der Waals surface area contributed by atoms with Gasteiger partial charge < -0.3 is 19.3 Å². The van der Waals surface area contributed by atoms with Gasteiger partial charge in [-0.3, -0.25) is 0 Å². The first kappa shape index (κ1) is 15.1. The van der Waals surface area contributed by atoms with Crippen LogP contribution in [0.1, 0.15) is 27.2 Å². The molecule has 0 unspecified atom stereocenters. The third-order valence-corrected chi connectivity index (χ3v) is 1.89. The smallest absolute Gasteiger partial charge is 0.407 e. The molecule has 0 aliphatic heterocycles. The zero-order valence-corrected chi connectivity index (χ0v) is 11.5. The van der Waals surface area contributed by atoms with Crippen LogP contribution < -0.4 is 10.1 Å². The van der Waals surface area contributed by atoms with E-state index in [1.165, 1.54) is 6.26 Å². The van der Waals surface area contributed by atoms with Crippen molar-refractivity contribution in [3.8, 4) is 5.88 Å². The summed E-state index contributed by atoms with van der Waals surface area (Å²) in [5.74, 6) is 0.455. The van der Waals surface area contributed by atoms with Crippen LogP contribution >= 0.6 is 0 Å². The number of rotatable bonds is 6. The van der Waals surface area contributed by atoms with Gasteiger partial charge >= 0.3 is 6.09 Å². The van der Waals surface area contributed by atoms with E-state index in [1.54, 1.807) is 6.07 Å². The summed E-state index contributed by atoms with van der Waals surface area (Å²) in [6.45, 7) is 6.42. The Bertz CT molecular complexity index is 393. The van der Waals surface area contributed by atoms with Crippen molar-refractivity contribution < 1.29 is 18.8 Å². The Morgan fingerprint density at radius 1 is 1.47 bits per heavy atom. The lowest BCUT2D eigenvalue weighted by atomic mass is 10.2. The van der Waals surface area contributed by atoms with Crippen LogP contribution in [-0.4, -0.2) is 30.0 Å². The maximum atomic E-state index is 11.3. The molecule has 1 aromatic rings. The van der Waals surface area contributed by atoms with Crippen molar-refractivity contribution in [1.29, 1.82) is 0 Å². The van der Waals surface area contributed by atoms with E-state index in [-0.39, 0.29) is 0 Å². The molecule has 0 saturated carbocycles. The second-order valence-corrected chi connectivity index (χ2v) is 4.84. The second kappa shape index (κ2) is 7.45. The quantitative estimate of drug-likeness (QED) is 0.634. The predicted octanol–water partition coefficient (Wildman–Crippen LogP) is 2.52. The minimum atomic E-state index is -0.467. The van der Waals surface area contributed by atoms with Crippen molar-refractivity contribution in [3.63, 3.8) is 0 Å². The molecule has 0 aromatic carbocycles. The standard InChI is InChI=1S/C13H20N2O4/c1-13(2,3)19-12(16)14-8-5-4-6-9-17-11-7-10-18-15-11/h4,6-7,10H,5,8-9H2,1-3H3,(H,14,16)/b6-4+. The van der Waals surface area contributed by atoms with Crippen LogP contribution in [0.25, 0.3) is 0 Å². The molecule has 0 fully saturated rings. The van der Waals surface area contributed by atoms with E-state index in [1.807, 2.05) is 32.9 Å². The van der Waals surface area contributed by atoms with Gasteiger partial charge in [0.15, 0.2) is 0 Å². The zero-order valence-electron chi connectivity index (χ0n) is 11.5. The molecule has 0 spiro atoms. The van der Waals surface area contributed by atoms with Crippen molar-refractivity contribution in [2.24, 2.45) is 0 Å². The molecule has 6 nitrogen and oxygen atoms in total. The average Bonchev–Trinajstić information content (AvgIpc) is 2.78. The fourth-order valence-corrected chi connectivity index (χ4v) is 1.17. The van der Waals surface area contributed by atoms with E-state index >= 15 is 0 Å². The van der Waals surface area contributed by atoms with Gasteiger partial charge in [0.05, 0.1) is 0 Å². The van der Waals surface area contributed by atoms with Gasteiger partial charge in [-0.15, -0.1) is 0 Å². The molecule has 106 valence electrons. The lowest BCUT2D eigenvalue weighted by molar-refractivity contribution is 0.0529. The SMILES string of the molecule is CC(C)(C)OC(=O)NCC/C=C/COc1ccon1. The first-order chi connectivity index (χ1) is 8.97. The highest BCUT2D eigenvalue weighted by molar-refractivity contribution is 5.67. The molecule has 1 amide bonds. The lowest BCUT2D eigenvalue weighted by Gasteiger charge is -2.19. The Labute approximate surface area is 112 Å². The molecule has 0 aliphatic carbocycles. The van der Waals surface area contributed by atoms with Crippen molar-refractivity contribution in [2.75, 3.05) is 13.2 Å². The van der Waals surface area contributed by atoms with Gasteiger partial charge in [0.1, 0.15) is 18.5 Å². The van der Waals surface area contributed by atoms with Crippen LogP contribution in [0.3, 0.4) is 0 Å². The number of ether oxygens (including phenoxy) is 2. The van der Waals surface area contributed by atoms with Gasteiger partial charge in [0, 0.05) is 12.6 Å². The van der Waals surface area contributed by atoms with E-state index < -0.39 is 11.7 Å². The van der Waals surface area contributed by atoms with E-state index in [0.29, 0.717) is 25.5 Å². The largest absolute Gasteiger partial charge is 0.471 e. The molecule has 0 atom stereocenters. The third-order valence-electron chi connectivity index (χ3n) is 1.89. The molecule has 0 radical (unpaired) electrons. The molecule has 1 aromatic heterocycles. The number of aromatic nitrogens is 1. The minimum Gasteiger partial charge on any atom is -0.471 e. The number of nitrogens with one attached hydrogen (secondary N) is 1. The summed E-state index contributed by atoms with van der Waals surface area (Å²) >= 11 is 0. The predicted molar refractivity (Wildman–Crippen MR) is 70.0 cm³/mol. The van der Waals surface area contributed by atoms with Gasteiger partial charge in [-0.1, -0.05) is 12.2 Å². The van der Waals surface area contributed by atoms with Crippen LogP contribution in [0.2, 0.25) is 0 Å². The molecule has 6 heteroatoms. The first-order valence-corrected chi connectivity index (χ1v) is 6.12. The number of hydrogen-bond donors (Lipinski definition) is 1. The van der Waals surface area contributed by atoms with Crippen LogP contribution in [0.5, 0.6) is 5.88 Å². The maximum Gasteiger partial charge on any atom is 0.407 e. The summed E-state index contributed by atoms with van der Waals surface area (Å²) in [5, 5.41) is 6.27. The average molecular weight is 268 g/mol. The topological polar surface area (TPSA) is 73.6 Å². The number of nitrogens with zero attached hydrogens (tertiary/aromatic N) is 1. The van der Waals surface area contributed by atoms with Crippen LogP contribution in [0.4, 0.5) is 4.79 Å². The minimum absolute atomic E-state index is 0.403. The van der Waals surface area contributed by atoms with Gasteiger partial charge in [-0.2, -0.15) is 0 Å². The fraction of sp³-hybridized carbons (Fsp3) is 0.538. The molecule has 0 saturated heterocycles. The Kier molecular flexibility index (Phi) is 5.92. The molecular weight excluding hydrogens is 248 g/mol. The number of alkyl carbamates (subject to hydrolysis) is 1. The Balaban J connectivity index is 2.02. The monoisotopic (exact) mass is 268 g/mol. The Morgan fingerprint density at radius 3 is 2.89 bits per heavy atom. The third kappa shape index (κ3) is 7.86. The molecule has 1 rings (SSSR count). The maximum absolute atomic E-state index is 11.3. The summed E-state index contributed by atoms with van der Waals surface area (Å²) in [4.78, 5) is 11.3. The normalized spacial score (nSPS) is 11.5. The number of carbonyl (C=O) groups is 1. The molecule has 0 aliphatic rings. The fourth-order valence-electron chi connectivity index (χ4n) is 1.17. The lowest BCUT2D eigenvalue weighted by Crippen LogP contribution is -2.32. The molecule has 1 heterocycles. The number of amides is 1. The summed E-state index contributed by atoms with van der Waals surface area (Å²) in [6.07, 6.45) is 5.52. The molecule has 19 heavy (non-hydrogen) atoms. The van der Waals surface area contributed by atoms with Crippen LogP contribution in [0, 0.1) is 0 Å². The van der Waals surface area contributed by atoms with Gasteiger partial charge in [0.2, 0.25) is 0 Å². The van der Waals surface area contributed by atoms with Crippen LogP contribution in [0.15, 0.2) is 29.0 Å². The van der Waals surface area contributed by atoms with Crippen molar-refractivity contribution in [3.05, 3.63) is 24.5 Å². The van der Waals surface area contributed by atoms with Gasteiger partial charge in [0.25, 0.3) is 5.88 Å². The van der Waals surface area contributed by atoms with E-state index in [9.17, 15) is 4.79 Å². The van der Waals surface area contributed by atoms with E-state index in [0.717, 1.165) is 0 Å². The highest BCUT2D eigenvalue weighted by Crippen LogP contribution is 2.06. The van der Waals surface area contributed by atoms with Gasteiger partial charge in [-0.25, -0.2) is 4.79 Å². The number of carbonyl (C=O) groups excluding carboxylic acids is 1. The van der Waals surface area contributed by atoms with E-state index in [2.05, 4.69) is 15.0 Å². The van der Waals surface area contributed by atoms with Crippen molar-refractivity contribution >= 4 is 6.09 Å². The Hall–Kier alpha value is -1.98. The molecule has 1 N–H and O–H groups in total. The van der Waals surface area contributed by atoms with Crippen molar-refractivity contribution in [2.45, 2.75) is 32.8 Å². The summed E-state index contributed by atoms with van der Waals surface area (Å²) in [5.41, 5.74) is -0.467. The molecular formula is C13H20N2O4. The highest BCUT2D eigenvalue weighted by atomic mass is 16.6. The summed E-state index contributed by atoms with van der Waals surface area (Å²) in [6, 6.07) is 1.64. The highest BCUT2D eigenvalue weighted by Gasteiger charge is 2.14. The zero-order chi connectivity index (χ0) is 14.1. The van der Waals surface area contributed by atoms with Gasteiger partial charge in [-0.05, 0) is 32.3 Å². The first-order valence-electron chi connectivity index (χ1n) is 6.12. The number of hydrogen-bond acceptors (Lipinski definition) is 5. The summed E-state index contributed by atoms with van der Waals surface area (Å²) < 4.78 is 14.9. The summed E-state index contributed by atoms with van der Waals surface area (Å²) in [7, 11) is 0. The van der Waals surface area contributed by atoms with Crippen LogP contribution in [-0.2, 0) is 4.74 Å². The van der Waals surface area contributed by atoms with E-state index in [4.69, 9.17) is 9.47 Å².